The zero-order valence-electron chi connectivity index (χ0n) is 11.5. The number of aryl methyl sites for hydroxylation is 2. The summed E-state index contributed by atoms with van der Waals surface area (Å²) in [7, 11) is 1.86. The molecule has 0 unspecified atom stereocenters. The van der Waals surface area contributed by atoms with E-state index in [1.807, 2.05) is 20.0 Å². The normalized spacial score (nSPS) is 10.9. The molecule has 0 atom stereocenters. The SMILES string of the molecule is CCCNCC(=O)Nc1cnc2c(c1)c(C)nn2C. The molecule has 2 rings (SSSR count). The molecule has 2 aromatic rings. The highest BCUT2D eigenvalue weighted by molar-refractivity contribution is 5.94. The van der Waals surface area contributed by atoms with E-state index in [2.05, 4.69) is 27.6 Å². The molecule has 0 radical (unpaired) electrons. The van der Waals surface area contributed by atoms with E-state index in [0.29, 0.717) is 12.2 Å². The molecule has 0 fully saturated rings. The van der Waals surface area contributed by atoms with Gasteiger partial charge in [0.1, 0.15) is 0 Å². The fraction of sp³-hybridized carbons (Fsp3) is 0.462. The summed E-state index contributed by atoms with van der Waals surface area (Å²) < 4.78 is 1.74. The van der Waals surface area contributed by atoms with E-state index in [-0.39, 0.29) is 5.91 Å². The van der Waals surface area contributed by atoms with Gasteiger partial charge >= 0.3 is 0 Å². The Bertz CT molecular complexity index is 590. The summed E-state index contributed by atoms with van der Waals surface area (Å²) in [6, 6.07) is 1.91. The van der Waals surface area contributed by atoms with Gasteiger partial charge in [-0.25, -0.2) is 4.98 Å². The number of rotatable bonds is 5. The number of pyridine rings is 1. The Balaban J connectivity index is 2.09. The molecule has 0 saturated heterocycles. The molecule has 6 heteroatoms. The van der Waals surface area contributed by atoms with Crippen LogP contribution in [0.5, 0.6) is 0 Å². The molecule has 0 aliphatic carbocycles. The highest BCUT2D eigenvalue weighted by Gasteiger charge is 2.08. The minimum Gasteiger partial charge on any atom is -0.324 e. The number of carbonyl (C=O) groups excluding carboxylic acids is 1. The van der Waals surface area contributed by atoms with Gasteiger partial charge in [0.15, 0.2) is 5.65 Å². The number of nitrogens with zero attached hydrogens (tertiary/aromatic N) is 3. The zero-order chi connectivity index (χ0) is 13.8. The molecule has 0 aliphatic rings. The van der Waals surface area contributed by atoms with E-state index in [0.717, 1.165) is 29.7 Å². The predicted octanol–water partition coefficient (Wildman–Crippen LogP) is 1.21. The second-order valence-corrected chi connectivity index (χ2v) is 4.53. The lowest BCUT2D eigenvalue weighted by atomic mass is 10.2. The van der Waals surface area contributed by atoms with E-state index < -0.39 is 0 Å². The number of aromatic nitrogens is 3. The molecule has 2 aromatic heterocycles. The summed E-state index contributed by atoms with van der Waals surface area (Å²) in [6.07, 6.45) is 2.66. The lowest BCUT2D eigenvalue weighted by Gasteiger charge is -2.06. The van der Waals surface area contributed by atoms with Crippen molar-refractivity contribution in [2.75, 3.05) is 18.4 Å². The summed E-state index contributed by atoms with van der Waals surface area (Å²) in [5, 5.41) is 11.1. The minimum absolute atomic E-state index is 0.0591. The second-order valence-electron chi connectivity index (χ2n) is 4.53. The maximum absolute atomic E-state index is 11.7. The summed E-state index contributed by atoms with van der Waals surface area (Å²) in [4.78, 5) is 16.0. The first-order valence-corrected chi connectivity index (χ1v) is 6.41. The lowest BCUT2D eigenvalue weighted by molar-refractivity contribution is -0.115. The van der Waals surface area contributed by atoms with Crippen molar-refractivity contribution in [2.24, 2.45) is 7.05 Å². The number of nitrogens with one attached hydrogen (secondary N) is 2. The lowest BCUT2D eigenvalue weighted by Crippen LogP contribution is -2.28. The molecule has 2 heterocycles. The van der Waals surface area contributed by atoms with Crippen molar-refractivity contribution < 1.29 is 4.79 Å². The minimum atomic E-state index is -0.0591. The van der Waals surface area contributed by atoms with Crippen LogP contribution in [-0.2, 0) is 11.8 Å². The monoisotopic (exact) mass is 261 g/mol. The Morgan fingerprint density at radius 2 is 2.26 bits per heavy atom. The quantitative estimate of drug-likeness (QED) is 0.794. The van der Waals surface area contributed by atoms with Crippen LogP contribution < -0.4 is 10.6 Å². The third-order valence-electron chi connectivity index (χ3n) is 2.86. The summed E-state index contributed by atoms with van der Waals surface area (Å²) in [5.41, 5.74) is 2.43. The van der Waals surface area contributed by atoms with Crippen molar-refractivity contribution in [2.45, 2.75) is 20.3 Å². The van der Waals surface area contributed by atoms with Crippen LogP contribution in [0, 0.1) is 6.92 Å². The second kappa shape index (κ2) is 5.79. The van der Waals surface area contributed by atoms with Gasteiger partial charge in [-0.2, -0.15) is 5.10 Å². The first-order chi connectivity index (χ1) is 9.11. The molecular formula is C13H19N5O. The fourth-order valence-corrected chi connectivity index (χ4v) is 1.96. The van der Waals surface area contributed by atoms with Crippen LogP contribution in [0.2, 0.25) is 0 Å². The van der Waals surface area contributed by atoms with Crippen LogP contribution in [0.25, 0.3) is 11.0 Å². The van der Waals surface area contributed by atoms with Crippen LogP contribution in [-0.4, -0.2) is 33.8 Å². The van der Waals surface area contributed by atoms with Crippen LogP contribution in [0.3, 0.4) is 0 Å². The van der Waals surface area contributed by atoms with Crippen LogP contribution in [0.4, 0.5) is 5.69 Å². The van der Waals surface area contributed by atoms with Crippen LogP contribution >= 0.6 is 0 Å². The molecule has 0 aliphatic heterocycles. The number of amides is 1. The van der Waals surface area contributed by atoms with Gasteiger partial charge in [0, 0.05) is 12.4 Å². The standard InChI is InChI=1S/C13H19N5O/c1-4-5-14-8-12(19)16-10-6-11-9(2)17-18(3)13(11)15-7-10/h6-7,14H,4-5,8H2,1-3H3,(H,16,19). The van der Waals surface area contributed by atoms with Crippen molar-refractivity contribution in [3.05, 3.63) is 18.0 Å². The maximum atomic E-state index is 11.7. The van der Waals surface area contributed by atoms with Gasteiger partial charge in [0.05, 0.1) is 24.1 Å². The van der Waals surface area contributed by atoms with E-state index in [1.165, 1.54) is 0 Å². The highest BCUT2D eigenvalue weighted by Crippen LogP contribution is 2.18. The molecule has 102 valence electrons. The Morgan fingerprint density at radius 3 is 3.00 bits per heavy atom. The number of carbonyl (C=O) groups is 1. The first kappa shape index (κ1) is 13.5. The molecule has 2 N–H and O–H groups in total. The Hall–Kier alpha value is -1.95. The molecule has 0 saturated carbocycles. The van der Waals surface area contributed by atoms with Gasteiger partial charge in [-0.05, 0) is 26.0 Å². The number of hydrogen-bond donors (Lipinski definition) is 2. The molecule has 19 heavy (non-hydrogen) atoms. The summed E-state index contributed by atoms with van der Waals surface area (Å²) >= 11 is 0. The van der Waals surface area contributed by atoms with Crippen molar-refractivity contribution >= 4 is 22.6 Å². The molecular weight excluding hydrogens is 242 g/mol. The number of fused-ring (bicyclic) bond motifs is 1. The summed E-state index contributed by atoms with van der Waals surface area (Å²) in [5.74, 6) is -0.0591. The van der Waals surface area contributed by atoms with Crippen molar-refractivity contribution in [3.8, 4) is 0 Å². The average molecular weight is 261 g/mol. The molecule has 0 aromatic carbocycles. The number of anilines is 1. The smallest absolute Gasteiger partial charge is 0.238 e. The Labute approximate surface area is 112 Å². The van der Waals surface area contributed by atoms with E-state index in [9.17, 15) is 4.79 Å². The van der Waals surface area contributed by atoms with Gasteiger partial charge in [-0.1, -0.05) is 6.92 Å². The van der Waals surface area contributed by atoms with Gasteiger partial charge in [0.2, 0.25) is 5.91 Å². The largest absolute Gasteiger partial charge is 0.324 e. The van der Waals surface area contributed by atoms with Gasteiger partial charge in [-0.15, -0.1) is 0 Å². The fourth-order valence-electron chi connectivity index (χ4n) is 1.96. The highest BCUT2D eigenvalue weighted by atomic mass is 16.1. The van der Waals surface area contributed by atoms with Crippen molar-refractivity contribution in [1.29, 1.82) is 0 Å². The average Bonchev–Trinajstić information content (AvgIpc) is 2.65. The van der Waals surface area contributed by atoms with E-state index in [1.54, 1.807) is 10.9 Å². The topological polar surface area (TPSA) is 71.8 Å². The van der Waals surface area contributed by atoms with Gasteiger partial charge in [0.25, 0.3) is 0 Å². The van der Waals surface area contributed by atoms with E-state index in [4.69, 9.17) is 0 Å². The Kier molecular flexibility index (Phi) is 4.11. The third-order valence-corrected chi connectivity index (χ3v) is 2.86. The van der Waals surface area contributed by atoms with Crippen molar-refractivity contribution in [1.82, 2.24) is 20.1 Å². The zero-order valence-corrected chi connectivity index (χ0v) is 11.5. The third kappa shape index (κ3) is 3.08. The Morgan fingerprint density at radius 1 is 1.47 bits per heavy atom. The van der Waals surface area contributed by atoms with Crippen LogP contribution in [0.15, 0.2) is 12.3 Å². The first-order valence-electron chi connectivity index (χ1n) is 6.41. The number of hydrogen-bond acceptors (Lipinski definition) is 4. The van der Waals surface area contributed by atoms with E-state index >= 15 is 0 Å². The maximum Gasteiger partial charge on any atom is 0.238 e. The van der Waals surface area contributed by atoms with Gasteiger partial charge < -0.3 is 10.6 Å². The molecule has 1 amide bonds. The molecule has 6 nitrogen and oxygen atoms in total. The van der Waals surface area contributed by atoms with Gasteiger partial charge in [-0.3, -0.25) is 9.48 Å². The van der Waals surface area contributed by atoms with Crippen LogP contribution in [0.1, 0.15) is 19.0 Å². The predicted molar refractivity (Wildman–Crippen MR) is 75.0 cm³/mol. The molecule has 0 spiro atoms. The summed E-state index contributed by atoms with van der Waals surface area (Å²) in [6.45, 7) is 5.15. The van der Waals surface area contributed by atoms with Crippen molar-refractivity contribution in [3.63, 3.8) is 0 Å². The molecule has 0 bridgehead atoms.